The fourth-order valence-corrected chi connectivity index (χ4v) is 3.96. The number of likely N-dealkylation sites (N-methyl/N-ethyl adjacent to an activating group) is 1. The highest BCUT2D eigenvalue weighted by atomic mass is 32.2. The van der Waals surface area contributed by atoms with Crippen LogP contribution in [-0.4, -0.2) is 75.5 Å². The van der Waals surface area contributed by atoms with E-state index in [1.807, 2.05) is 18.2 Å². The van der Waals surface area contributed by atoms with Crippen molar-refractivity contribution >= 4 is 35.2 Å². The van der Waals surface area contributed by atoms with Crippen LogP contribution in [0.15, 0.2) is 59.1 Å². The van der Waals surface area contributed by atoms with E-state index in [4.69, 9.17) is 4.74 Å². The molecule has 3 N–H and O–H groups in total. The van der Waals surface area contributed by atoms with Gasteiger partial charge in [0.15, 0.2) is 11.0 Å². The molecule has 3 aromatic rings. The number of methoxy groups -OCH3 is 1. The molecule has 2 aromatic heterocycles. The molecule has 1 aromatic carbocycles. The van der Waals surface area contributed by atoms with Crippen molar-refractivity contribution in [2.24, 2.45) is 0 Å². The standard InChI is InChI=1S/C22H26N8O2S/c1-4-5-18(32-3)17-14-19(28-27-17)23-20-24-21(30-12-10-29(2)11-13-30)26-22(25-20)33-16-8-6-15(31)7-9-16/h4-9,14,31H,1,10-13H2,2-3H3,(H2,23,24,25,26,27,28)/b18-5-. The Balaban J connectivity index is 1.61. The number of hydrogen-bond donors (Lipinski definition) is 3. The van der Waals surface area contributed by atoms with E-state index < -0.39 is 0 Å². The first-order chi connectivity index (χ1) is 16.0. The third-order valence-electron chi connectivity index (χ3n) is 5.01. The number of aromatic nitrogens is 5. The minimum Gasteiger partial charge on any atom is -0.508 e. The molecule has 0 bridgehead atoms. The van der Waals surface area contributed by atoms with Crippen molar-refractivity contribution in [1.82, 2.24) is 30.0 Å². The van der Waals surface area contributed by atoms with Crippen molar-refractivity contribution in [1.29, 1.82) is 0 Å². The molecular weight excluding hydrogens is 440 g/mol. The van der Waals surface area contributed by atoms with Gasteiger partial charge in [-0.15, -0.1) is 0 Å². The number of phenolic OH excluding ortho intramolecular Hbond substituents is 1. The number of benzene rings is 1. The molecule has 0 atom stereocenters. The van der Waals surface area contributed by atoms with E-state index >= 15 is 0 Å². The largest absolute Gasteiger partial charge is 0.508 e. The lowest BCUT2D eigenvalue weighted by Crippen LogP contribution is -2.45. The molecule has 0 radical (unpaired) electrons. The lowest BCUT2D eigenvalue weighted by Gasteiger charge is -2.32. The highest BCUT2D eigenvalue weighted by molar-refractivity contribution is 7.99. The molecule has 1 aliphatic heterocycles. The molecule has 0 aliphatic carbocycles. The predicted octanol–water partition coefficient (Wildman–Crippen LogP) is 3.12. The summed E-state index contributed by atoms with van der Waals surface area (Å²) in [6.45, 7) is 7.24. The number of H-pyrrole nitrogens is 1. The quantitative estimate of drug-likeness (QED) is 0.338. The van der Waals surface area contributed by atoms with E-state index in [-0.39, 0.29) is 5.75 Å². The Morgan fingerprint density at radius 3 is 2.64 bits per heavy atom. The molecule has 1 aliphatic rings. The molecule has 172 valence electrons. The summed E-state index contributed by atoms with van der Waals surface area (Å²) in [5.74, 6) is 2.38. The fourth-order valence-electron chi connectivity index (χ4n) is 3.22. The molecule has 10 nitrogen and oxygen atoms in total. The van der Waals surface area contributed by atoms with Gasteiger partial charge in [-0.3, -0.25) is 5.10 Å². The lowest BCUT2D eigenvalue weighted by molar-refractivity contribution is 0.311. The van der Waals surface area contributed by atoms with E-state index in [1.165, 1.54) is 11.8 Å². The van der Waals surface area contributed by atoms with Gasteiger partial charge in [0.05, 0.1) is 7.11 Å². The summed E-state index contributed by atoms with van der Waals surface area (Å²) < 4.78 is 5.36. The first kappa shape index (κ1) is 22.6. The summed E-state index contributed by atoms with van der Waals surface area (Å²) in [4.78, 5) is 19.3. The van der Waals surface area contributed by atoms with Gasteiger partial charge in [-0.2, -0.15) is 20.1 Å². The van der Waals surface area contributed by atoms with Crippen LogP contribution >= 0.6 is 11.8 Å². The number of phenols is 1. The fraction of sp³-hybridized carbons (Fsp3) is 0.273. The van der Waals surface area contributed by atoms with Crippen molar-refractivity contribution in [3.8, 4) is 5.75 Å². The van der Waals surface area contributed by atoms with Gasteiger partial charge in [0.25, 0.3) is 0 Å². The Hall–Kier alpha value is -3.57. The van der Waals surface area contributed by atoms with Gasteiger partial charge in [0, 0.05) is 37.1 Å². The van der Waals surface area contributed by atoms with E-state index in [1.54, 1.807) is 31.4 Å². The Labute approximate surface area is 196 Å². The van der Waals surface area contributed by atoms with E-state index in [2.05, 4.69) is 53.9 Å². The molecule has 4 rings (SSSR count). The van der Waals surface area contributed by atoms with Gasteiger partial charge >= 0.3 is 0 Å². The lowest BCUT2D eigenvalue weighted by atomic mass is 10.3. The maximum absolute atomic E-state index is 9.56. The van der Waals surface area contributed by atoms with Gasteiger partial charge in [0.1, 0.15) is 17.2 Å². The summed E-state index contributed by atoms with van der Waals surface area (Å²) in [5, 5.41) is 20.5. The third-order valence-corrected chi connectivity index (χ3v) is 5.88. The zero-order chi connectivity index (χ0) is 23.2. The van der Waals surface area contributed by atoms with E-state index in [9.17, 15) is 5.11 Å². The molecule has 0 spiro atoms. The average Bonchev–Trinajstić information content (AvgIpc) is 3.27. The van der Waals surface area contributed by atoms with Crippen LogP contribution in [0.2, 0.25) is 0 Å². The molecule has 33 heavy (non-hydrogen) atoms. The van der Waals surface area contributed by atoms with Crippen LogP contribution in [0.25, 0.3) is 5.76 Å². The Kier molecular flexibility index (Phi) is 7.10. The molecule has 0 unspecified atom stereocenters. The maximum atomic E-state index is 9.56. The number of allylic oxidation sites excluding steroid dienone is 2. The number of piperazine rings is 1. The van der Waals surface area contributed by atoms with Crippen LogP contribution in [0.4, 0.5) is 17.7 Å². The van der Waals surface area contributed by atoms with Gasteiger partial charge in [-0.1, -0.05) is 12.7 Å². The van der Waals surface area contributed by atoms with Gasteiger partial charge in [-0.25, -0.2) is 0 Å². The second-order valence-electron chi connectivity index (χ2n) is 7.39. The van der Waals surface area contributed by atoms with Gasteiger partial charge in [-0.05, 0) is 49.2 Å². The number of nitrogens with one attached hydrogen (secondary N) is 2. The molecular formula is C22H26N8O2S. The minimum absolute atomic E-state index is 0.214. The summed E-state index contributed by atoms with van der Waals surface area (Å²) in [6.07, 6.45) is 3.39. The minimum atomic E-state index is 0.214. The first-order valence-electron chi connectivity index (χ1n) is 10.4. The van der Waals surface area contributed by atoms with Crippen molar-refractivity contribution < 1.29 is 9.84 Å². The first-order valence-corrected chi connectivity index (χ1v) is 11.2. The summed E-state index contributed by atoms with van der Waals surface area (Å²) in [7, 11) is 3.69. The molecule has 1 fully saturated rings. The number of rotatable bonds is 8. The summed E-state index contributed by atoms with van der Waals surface area (Å²) in [5.41, 5.74) is 0.701. The van der Waals surface area contributed by atoms with E-state index in [0.29, 0.717) is 34.3 Å². The Morgan fingerprint density at radius 2 is 1.94 bits per heavy atom. The summed E-state index contributed by atoms with van der Waals surface area (Å²) >= 11 is 1.40. The molecule has 11 heteroatoms. The second-order valence-corrected chi connectivity index (χ2v) is 8.43. The predicted molar refractivity (Wildman–Crippen MR) is 129 cm³/mol. The van der Waals surface area contributed by atoms with Crippen molar-refractivity contribution in [2.45, 2.75) is 10.1 Å². The van der Waals surface area contributed by atoms with Gasteiger partial charge in [0.2, 0.25) is 11.9 Å². The monoisotopic (exact) mass is 466 g/mol. The SMILES string of the molecule is C=C/C=C(\OC)c1cc(Nc2nc(Sc3ccc(O)cc3)nc(N3CCN(C)CC3)n2)n[nH]1. The van der Waals surface area contributed by atoms with Crippen LogP contribution in [0, 0.1) is 0 Å². The molecule has 0 saturated carbocycles. The Bertz CT molecular complexity index is 1120. The maximum Gasteiger partial charge on any atom is 0.234 e. The van der Waals surface area contributed by atoms with Crippen LogP contribution in [0.5, 0.6) is 5.75 Å². The number of anilines is 3. The zero-order valence-corrected chi connectivity index (χ0v) is 19.3. The van der Waals surface area contributed by atoms with Crippen LogP contribution < -0.4 is 10.2 Å². The average molecular weight is 467 g/mol. The van der Waals surface area contributed by atoms with Crippen molar-refractivity contribution in [2.75, 3.05) is 50.6 Å². The highest BCUT2D eigenvalue weighted by Crippen LogP contribution is 2.29. The normalized spacial score (nSPS) is 14.8. The van der Waals surface area contributed by atoms with Crippen LogP contribution in [0.1, 0.15) is 5.69 Å². The van der Waals surface area contributed by atoms with Crippen molar-refractivity contribution in [3.63, 3.8) is 0 Å². The summed E-state index contributed by atoms with van der Waals surface area (Å²) in [6, 6.07) is 8.74. The zero-order valence-electron chi connectivity index (χ0n) is 18.5. The number of aromatic amines is 1. The number of nitrogens with zero attached hydrogens (tertiary/aromatic N) is 6. The number of hydrogen-bond acceptors (Lipinski definition) is 10. The number of aromatic hydroxyl groups is 1. The second kappa shape index (κ2) is 10.4. The topological polar surface area (TPSA) is 115 Å². The van der Waals surface area contributed by atoms with E-state index in [0.717, 1.165) is 31.1 Å². The number of ether oxygens (including phenoxy) is 1. The van der Waals surface area contributed by atoms with Crippen LogP contribution in [-0.2, 0) is 4.74 Å². The molecule has 1 saturated heterocycles. The highest BCUT2D eigenvalue weighted by Gasteiger charge is 2.19. The van der Waals surface area contributed by atoms with Crippen molar-refractivity contribution in [3.05, 3.63) is 54.8 Å². The smallest absolute Gasteiger partial charge is 0.234 e. The third kappa shape index (κ3) is 5.82. The molecule has 0 amide bonds. The Morgan fingerprint density at radius 1 is 1.18 bits per heavy atom. The van der Waals surface area contributed by atoms with Gasteiger partial charge < -0.3 is 25.0 Å². The van der Waals surface area contributed by atoms with Crippen LogP contribution in [0.3, 0.4) is 0 Å². The molecule has 3 heterocycles.